The van der Waals surface area contributed by atoms with Crippen LogP contribution in [0.4, 0.5) is 0 Å². The van der Waals surface area contributed by atoms with E-state index in [1.807, 2.05) is 11.4 Å². The van der Waals surface area contributed by atoms with Gasteiger partial charge in [-0.2, -0.15) is 0 Å². The maximum atomic E-state index is 6.36. The average Bonchev–Trinajstić information content (AvgIpc) is 2.63. The van der Waals surface area contributed by atoms with E-state index in [2.05, 4.69) is 105 Å². The van der Waals surface area contributed by atoms with Gasteiger partial charge in [0.15, 0.2) is 0 Å². The fraction of sp³-hybridized carbons (Fsp3) is 0.143. The Balaban J connectivity index is 2.09. The van der Waals surface area contributed by atoms with Gasteiger partial charge in [-0.3, -0.25) is 0 Å². The van der Waals surface area contributed by atoms with Crippen LogP contribution in [0.1, 0.15) is 19.4 Å². The predicted octanol–water partition coefficient (Wildman–Crippen LogP) is 5.70. The molecule has 0 atom stereocenters. The molecule has 24 heavy (non-hydrogen) atoms. The second-order valence-electron chi connectivity index (χ2n) is 6.19. The van der Waals surface area contributed by atoms with Crippen molar-refractivity contribution in [1.29, 1.82) is 0 Å². The molecule has 0 radical (unpaired) electrons. The number of benzene rings is 3. The van der Waals surface area contributed by atoms with Crippen LogP contribution in [0.3, 0.4) is 0 Å². The van der Waals surface area contributed by atoms with Gasteiger partial charge in [0.25, 0.3) is 0 Å². The normalized spacial score (nSPS) is 12.1. The Hall–Kier alpha value is -1.34. The minimum atomic E-state index is -1.96. The molecular weight excluding hydrogens is 347 g/mol. The number of rotatable bonds is 5. The summed E-state index contributed by atoms with van der Waals surface area (Å²) in [7, 11) is 0. The molecule has 3 heteroatoms. The zero-order chi connectivity index (χ0) is 17.0. The molecule has 3 aromatic rings. The molecule has 3 rings (SSSR count). The summed E-state index contributed by atoms with van der Waals surface area (Å²) in [5.41, 5.74) is 1.32. The quantitative estimate of drug-likeness (QED) is 0.530. The molecule has 0 aliphatic carbocycles. The van der Waals surface area contributed by atoms with Crippen LogP contribution >= 0.6 is 16.6 Å². The Kier molecular flexibility index (Phi) is 5.30. The molecule has 3 aromatic carbocycles. The van der Waals surface area contributed by atoms with E-state index < -0.39 is 5.24 Å². The van der Waals surface area contributed by atoms with Gasteiger partial charge in [0.1, 0.15) is 0 Å². The summed E-state index contributed by atoms with van der Waals surface area (Å²) in [5, 5.41) is 0.567. The Labute approximate surface area is 154 Å². The average molecular weight is 369 g/mol. The summed E-state index contributed by atoms with van der Waals surface area (Å²) < 4.78 is -0.0531. The van der Waals surface area contributed by atoms with Crippen LogP contribution in [-0.2, 0) is 16.6 Å². The van der Waals surface area contributed by atoms with Crippen molar-refractivity contribution in [2.75, 3.05) is 0 Å². The van der Waals surface area contributed by atoms with Crippen molar-refractivity contribution < 1.29 is 0 Å². The van der Waals surface area contributed by atoms with Gasteiger partial charge in [-0.05, 0) is 30.0 Å². The number of hydrogen-bond acceptors (Lipinski definition) is 2. The lowest BCUT2D eigenvalue weighted by atomic mass is 10.0. The van der Waals surface area contributed by atoms with E-state index in [1.165, 1.54) is 16.2 Å². The van der Waals surface area contributed by atoms with Crippen molar-refractivity contribution >= 4 is 39.0 Å². The van der Waals surface area contributed by atoms with E-state index in [1.54, 1.807) is 0 Å². The van der Waals surface area contributed by atoms with E-state index in [9.17, 15) is 0 Å². The standard InChI is InChI=1S/C21H21PS2/c1-21(2,18-12-6-3-7-13-18)24-22(23,19-14-8-4-9-15-19)20-16-10-5-11-17-20/h3-17H,1-2H3. The zero-order valence-electron chi connectivity index (χ0n) is 13.9. The van der Waals surface area contributed by atoms with Crippen molar-refractivity contribution in [3.63, 3.8) is 0 Å². The van der Waals surface area contributed by atoms with Crippen LogP contribution in [0.5, 0.6) is 0 Å². The lowest BCUT2D eigenvalue weighted by Crippen LogP contribution is -2.19. The van der Waals surface area contributed by atoms with Crippen molar-refractivity contribution in [3.05, 3.63) is 96.6 Å². The van der Waals surface area contributed by atoms with E-state index in [0.717, 1.165) is 0 Å². The van der Waals surface area contributed by atoms with E-state index in [4.69, 9.17) is 11.8 Å². The van der Waals surface area contributed by atoms with Gasteiger partial charge in [-0.15, -0.1) is 11.4 Å². The third-order valence-corrected chi connectivity index (χ3v) is 12.3. The molecule has 0 bridgehead atoms. The molecule has 0 saturated carbocycles. The molecule has 0 amide bonds. The number of hydrogen-bond donors (Lipinski definition) is 0. The van der Waals surface area contributed by atoms with Crippen LogP contribution in [0.25, 0.3) is 0 Å². The molecule has 0 fully saturated rings. The molecule has 0 spiro atoms. The molecule has 0 nitrogen and oxygen atoms in total. The lowest BCUT2D eigenvalue weighted by Gasteiger charge is -2.33. The first-order valence-electron chi connectivity index (χ1n) is 8.00. The first kappa shape index (κ1) is 17.5. The monoisotopic (exact) mass is 368 g/mol. The first-order chi connectivity index (χ1) is 11.5. The third-order valence-electron chi connectivity index (χ3n) is 4.02. The highest BCUT2D eigenvalue weighted by Crippen LogP contribution is 2.64. The van der Waals surface area contributed by atoms with E-state index in [0.29, 0.717) is 0 Å². The molecular formula is C21H21PS2. The summed E-state index contributed by atoms with van der Waals surface area (Å²) in [5.74, 6) is 0. The SMILES string of the molecule is CC(C)(SP(=S)(c1ccccc1)c1ccccc1)c1ccccc1. The largest absolute Gasteiger partial charge is 0.104 e. The fourth-order valence-electron chi connectivity index (χ4n) is 2.72. The summed E-state index contributed by atoms with van der Waals surface area (Å²) >= 11 is 8.29. The van der Waals surface area contributed by atoms with E-state index >= 15 is 0 Å². The Bertz CT molecular complexity index is 784. The van der Waals surface area contributed by atoms with Gasteiger partial charge < -0.3 is 0 Å². The van der Waals surface area contributed by atoms with Crippen LogP contribution in [-0.4, -0.2) is 0 Å². The minimum Gasteiger partial charge on any atom is -0.104 e. The van der Waals surface area contributed by atoms with Gasteiger partial charge in [0.05, 0.1) is 5.24 Å². The zero-order valence-corrected chi connectivity index (χ0v) is 16.5. The Morgan fingerprint density at radius 2 is 1.04 bits per heavy atom. The second-order valence-corrected chi connectivity index (χ2v) is 14.1. The van der Waals surface area contributed by atoms with Crippen LogP contribution < -0.4 is 10.6 Å². The minimum absolute atomic E-state index is 0.0531. The molecule has 0 aliphatic rings. The molecule has 0 N–H and O–H groups in total. The van der Waals surface area contributed by atoms with Crippen molar-refractivity contribution in [1.82, 2.24) is 0 Å². The Morgan fingerprint density at radius 3 is 1.46 bits per heavy atom. The van der Waals surface area contributed by atoms with Crippen molar-refractivity contribution in [2.45, 2.75) is 18.6 Å². The fourth-order valence-corrected chi connectivity index (χ4v) is 11.3. The van der Waals surface area contributed by atoms with Crippen molar-refractivity contribution in [2.24, 2.45) is 0 Å². The van der Waals surface area contributed by atoms with Crippen LogP contribution in [0.2, 0.25) is 0 Å². The summed E-state index contributed by atoms with van der Waals surface area (Å²) in [6.45, 7) is 4.56. The maximum absolute atomic E-state index is 6.36. The highest BCUT2D eigenvalue weighted by atomic mass is 32.9. The molecule has 0 aliphatic heterocycles. The highest BCUT2D eigenvalue weighted by molar-refractivity contribution is 8.75. The molecule has 0 unspecified atom stereocenters. The predicted molar refractivity (Wildman–Crippen MR) is 113 cm³/mol. The van der Waals surface area contributed by atoms with Crippen molar-refractivity contribution in [3.8, 4) is 0 Å². The summed E-state index contributed by atoms with van der Waals surface area (Å²) in [6.07, 6.45) is 0. The second kappa shape index (κ2) is 7.27. The molecule has 0 aromatic heterocycles. The van der Waals surface area contributed by atoms with E-state index in [-0.39, 0.29) is 4.75 Å². The van der Waals surface area contributed by atoms with Gasteiger partial charge in [0.2, 0.25) is 0 Å². The van der Waals surface area contributed by atoms with Crippen LogP contribution in [0, 0.1) is 0 Å². The first-order valence-corrected chi connectivity index (χ1v) is 12.2. The maximum Gasteiger partial charge on any atom is 0.0621 e. The summed E-state index contributed by atoms with van der Waals surface area (Å²) in [6, 6.07) is 31.9. The topological polar surface area (TPSA) is 0 Å². The third kappa shape index (κ3) is 3.67. The molecule has 122 valence electrons. The van der Waals surface area contributed by atoms with Crippen LogP contribution in [0.15, 0.2) is 91.0 Å². The molecule has 0 saturated heterocycles. The lowest BCUT2D eigenvalue weighted by molar-refractivity contribution is 0.789. The highest BCUT2D eigenvalue weighted by Gasteiger charge is 2.32. The Morgan fingerprint density at radius 1 is 0.667 bits per heavy atom. The van der Waals surface area contributed by atoms with Gasteiger partial charge in [-0.25, -0.2) is 0 Å². The molecule has 0 heterocycles. The van der Waals surface area contributed by atoms with Gasteiger partial charge in [-0.1, -0.05) is 103 Å². The summed E-state index contributed by atoms with van der Waals surface area (Å²) in [4.78, 5) is 0. The smallest absolute Gasteiger partial charge is 0.0621 e. The van der Waals surface area contributed by atoms with Gasteiger partial charge >= 0.3 is 0 Å². The van der Waals surface area contributed by atoms with Gasteiger partial charge in [0, 0.05) is 4.75 Å².